The Balaban J connectivity index is 1.48. The summed E-state index contributed by atoms with van der Waals surface area (Å²) in [4.78, 5) is 39.7. The molecule has 4 rings (SSSR count). The van der Waals surface area contributed by atoms with Gasteiger partial charge in [0.25, 0.3) is 0 Å². The van der Waals surface area contributed by atoms with Crippen molar-refractivity contribution in [2.45, 2.75) is 44.7 Å². The van der Waals surface area contributed by atoms with Crippen LogP contribution in [-0.4, -0.2) is 53.8 Å². The normalized spacial score (nSPS) is 17.0. The standard InChI is InChI=1S/C30H29F4N3O5/c1-29(2,3)42-28(40)37-16-24(36-27(39)35-23-10-5-4-9-22(23)31)25(17-37)41-26(38)19-13-11-18(12-14-19)20-7-6-8-21(15-20)30(32,33)34/h4-15,24-25H,16-17H2,1-3H3,(H2,35,36,39)/t24-,25-/m0/s1. The Kier molecular flexibility index (Phi) is 8.74. The molecule has 3 aromatic rings. The smallest absolute Gasteiger partial charge is 0.416 e. The van der Waals surface area contributed by atoms with E-state index in [0.29, 0.717) is 11.1 Å². The van der Waals surface area contributed by atoms with Gasteiger partial charge in [-0.3, -0.25) is 0 Å². The molecule has 0 aliphatic carbocycles. The number of hydrogen-bond acceptors (Lipinski definition) is 5. The van der Waals surface area contributed by atoms with E-state index in [2.05, 4.69) is 10.6 Å². The van der Waals surface area contributed by atoms with E-state index in [1.165, 1.54) is 59.5 Å². The highest BCUT2D eigenvalue weighted by Crippen LogP contribution is 2.32. The van der Waals surface area contributed by atoms with Gasteiger partial charge in [-0.1, -0.05) is 36.4 Å². The average molecular weight is 588 g/mol. The molecule has 1 heterocycles. The number of para-hydroxylation sites is 1. The molecule has 2 atom stereocenters. The minimum Gasteiger partial charge on any atom is -0.455 e. The summed E-state index contributed by atoms with van der Waals surface area (Å²) >= 11 is 0. The zero-order valence-corrected chi connectivity index (χ0v) is 23.0. The molecule has 8 nitrogen and oxygen atoms in total. The van der Waals surface area contributed by atoms with Gasteiger partial charge < -0.3 is 25.0 Å². The number of nitrogens with zero attached hydrogens (tertiary/aromatic N) is 1. The molecule has 0 bridgehead atoms. The van der Waals surface area contributed by atoms with E-state index in [0.717, 1.165) is 12.1 Å². The third-order valence-electron chi connectivity index (χ3n) is 6.26. The summed E-state index contributed by atoms with van der Waals surface area (Å²) in [6.07, 6.45) is -6.15. The summed E-state index contributed by atoms with van der Waals surface area (Å²) in [6.45, 7) is 4.94. The van der Waals surface area contributed by atoms with Gasteiger partial charge in [0, 0.05) is 6.54 Å². The van der Waals surface area contributed by atoms with Crippen LogP contribution in [0.5, 0.6) is 0 Å². The Labute approximate surface area is 239 Å². The van der Waals surface area contributed by atoms with Crippen LogP contribution in [0.25, 0.3) is 11.1 Å². The molecule has 0 radical (unpaired) electrons. The number of amides is 3. The Morgan fingerprint density at radius 1 is 0.881 bits per heavy atom. The quantitative estimate of drug-likeness (QED) is 0.263. The van der Waals surface area contributed by atoms with Gasteiger partial charge in [0.15, 0.2) is 0 Å². The molecular formula is C30H29F4N3O5. The van der Waals surface area contributed by atoms with Gasteiger partial charge in [-0.2, -0.15) is 13.2 Å². The summed E-state index contributed by atoms with van der Waals surface area (Å²) in [5.74, 6) is -1.42. The molecule has 222 valence electrons. The van der Waals surface area contributed by atoms with Crippen molar-refractivity contribution in [1.82, 2.24) is 10.2 Å². The Morgan fingerprint density at radius 2 is 1.57 bits per heavy atom. The summed E-state index contributed by atoms with van der Waals surface area (Å²) in [7, 11) is 0. The molecule has 12 heteroatoms. The van der Waals surface area contributed by atoms with Crippen LogP contribution >= 0.6 is 0 Å². The maximum absolute atomic E-state index is 14.0. The van der Waals surface area contributed by atoms with E-state index in [1.807, 2.05) is 0 Å². The third kappa shape index (κ3) is 7.77. The minimum atomic E-state index is -4.50. The number of esters is 1. The molecule has 1 aliphatic rings. The third-order valence-corrected chi connectivity index (χ3v) is 6.26. The lowest BCUT2D eigenvalue weighted by Gasteiger charge is -2.24. The second-order valence-electron chi connectivity index (χ2n) is 10.7. The highest BCUT2D eigenvalue weighted by molar-refractivity contribution is 5.91. The number of carbonyl (C=O) groups excluding carboxylic acids is 3. The first-order valence-electron chi connectivity index (χ1n) is 13.0. The molecule has 3 aromatic carbocycles. The van der Waals surface area contributed by atoms with Crippen molar-refractivity contribution < 1.29 is 41.4 Å². The molecule has 0 unspecified atom stereocenters. The van der Waals surface area contributed by atoms with Crippen LogP contribution < -0.4 is 10.6 Å². The minimum absolute atomic E-state index is 0.0496. The topological polar surface area (TPSA) is 97.0 Å². The summed E-state index contributed by atoms with van der Waals surface area (Å²) in [5, 5.41) is 5.01. The zero-order valence-electron chi connectivity index (χ0n) is 23.0. The Morgan fingerprint density at radius 3 is 2.21 bits per heavy atom. The molecule has 42 heavy (non-hydrogen) atoms. The predicted molar refractivity (Wildman–Crippen MR) is 146 cm³/mol. The van der Waals surface area contributed by atoms with Crippen molar-refractivity contribution in [2.75, 3.05) is 18.4 Å². The van der Waals surface area contributed by atoms with Gasteiger partial charge >= 0.3 is 24.3 Å². The van der Waals surface area contributed by atoms with E-state index < -0.39 is 53.4 Å². The number of rotatable bonds is 5. The predicted octanol–water partition coefficient (Wildman–Crippen LogP) is 6.48. The van der Waals surface area contributed by atoms with Crippen molar-refractivity contribution in [3.63, 3.8) is 0 Å². The van der Waals surface area contributed by atoms with E-state index in [4.69, 9.17) is 9.47 Å². The summed E-state index contributed by atoms with van der Waals surface area (Å²) in [6, 6.07) is 14.5. The molecule has 0 aromatic heterocycles. The number of anilines is 1. The van der Waals surface area contributed by atoms with Crippen LogP contribution in [0, 0.1) is 5.82 Å². The van der Waals surface area contributed by atoms with Crippen LogP contribution in [0.2, 0.25) is 0 Å². The molecule has 1 fully saturated rings. The molecular weight excluding hydrogens is 558 g/mol. The van der Waals surface area contributed by atoms with Gasteiger partial charge in [0.2, 0.25) is 0 Å². The molecule has 2 N–H and O–H groups in total. The van der Waals surface area contributed by atoms with Crippen molar-refractivity contribution >= 4 is 23.8 Å². The largest absolute Gasteiger partial charge is 0.455 e. The van der Waals surface area contributed by atoms with Crippen molar-refractivity contribution in [3.8, 4) is 11.1 Å². The number of hydrogen-bond donors (Lipinski definition) is 2. The number of alkyl halides is 3. The second kappa shape index (κ2) is 12.1. The fourth-order valence-electron chi connectivity index (χ4n) is 4.28. The first-order valence-corrected chi connectivity index (χ1v) is 13.0. The SMILES string of the molecule is CC(C)(C)OC(=O)N1C[C@H](NC(=O)Nc2ccccc2F)[C@@H](OC(=O)c2ccc(-c3cccc(C(F)(F)F)c3)cc2)C1. The number of halogens is 4. The zero-order chi connectivity index (χ0) is 30.7. The maximum atomic E-state index is 14.0. The number of nitrogens with one attached hydrogen (secondary N) is 2. The average Bonchev–Trinajstić information content (AvgIpc) is 3.30. The number of benzene rings is 3. The number of carbonyl (C=O) groups is 3. The fourth-order valence-corrected chi connectivity index (χ4v) is 4.28. The van der Waals surface area contributed by atoms with Gasteiger partial charge in [0.05, 0.1) is 29.4 Å². The molecule has 1 saturated heterocycles. The van der Waals surface area contributed by atoms with E-state index in [-0.39, 0.29) is 24.3 Å². The lowest BCUT2D eigenvalue weighted by atomic mass is 10.0. The first kappa shape index (κ1) is 30.4. The molecule has 1 aliphatic heterocycles. The highest BCUT2D eigenvalue weighted by atomic mass is 19.4. The van der Waals surface area contributed by atoms with Crippen molar-refractivity contribution in [3.05, 3.63) is 89.7 Å². The Bertz CT molecular complexity index is 1450. The van der Waals surface area contributed by atoms with Gasteiger partial charge in [-0.15, -0.1) is 0 Å². The molecule has 3 amide bonds. The Hall–Kier alpha value is -4.61. The molecule has 0 spiro atoms. The van der Waals surface area contributed by atoms with E-state index in [9.17, 15) is 31.9 Å². The number of ether oxygens (including phenoxy) is 2. The van der Waals surface area contributed by atoms with Crippen LogP contribution in [0.1, 0.15) is 36.7 Å². The fraction of sp³-hybridized carbons (Fsp3) is 0.300. The first-order chi connectivity index (χ1) is 19.7. The highest BCUT2D eigenvalue weighted by Gasteiger charge is 2.40. The lowest BCUT2D eigenvalue weighted by Crippen LogP contribution is -2.46. The second-order valence-corrected chi connectivity index (χ2v) is 10.7. The number of likely N-dealkylation sites (tertiary alicyclic amines) is 1. The molecule has 0 saturated carbocycles. The van der Waals surface area contributed by atoms with Crippen molar-refractivity contribution in [1.29, 1.82) is 0 Å². The lowest BCUT2D eigenvalue weighted by molar-refractivity contribution is -0.137. The van der Waals surface area contributed by atoms with E-state index >= 15 is 0 Å². The monoisotopic (exact) mass is 587 g/mol. The van der Waals surface area contributed by atoms with Crippen LogP contribution in [-0.2, 0) is 15.7 Å². The van der Waals surface area contributed by atoms with Crippen LogP contribution in [0.4, 0.5) is 32.8 Å². The van der Waals surface area contributed by atoms with Crippen molar-refractivity contribution in [2.24, 2.45) is 0 Å². The summed E-state index contributed by atoms with van der Waals surface area (Å²) < 4.78 is 64.4. The number of urea groups is 1. The van der Waals surface area contributed by atoms with Gasteiger partial charge in [-0.05, 0) is 68.3 Å². The van der Waals surface area contributed by atoms with E-state index in [1.54, 1.807) is 26.8 Å². The van der Waals surface area contributed by atoms with Crippen LogP contribution in [0.15, 0.2) is 72.8 Å². The maximum Gasteiger partial charge on any atom is 0.416 e. The van der Waals surface area contributed by atoms with Gasteiger partial charge in [0.1, 0.15) is 17.5 Å². The summed E-state index contributed by atoms with van der Waals surface area (Å²) in [5.41, 5.74) is -0.768. The van der Waals surface area contributed by atoms with Crippen LogP contribution in [0.3, 0.4) is 0 Å². The van der Waals surface area contributed by atoms with Gasteiger partial charge in [-0.25, -0.2) is 18.8 Å².